The molecule has 0 unspecified atom stereocenters. The van der Waals surface area contributed by atoms with Gasteiger partial charge in [0, 0.05) is 19.1 Å². The number of ether oxygens (including phenoxy) is 2. The molecule has 1 heterocycles. The van der Waals surface area contributed by atoms with Crippen LogP contribution in [-0.2, 0) is 16.1 Å². The summed E-state index contributed by atoms with van der Waals surface area (Å²) in [4.78, 5) is 28.5. The highest BCUT2D eigenvalue weighted by Gasteiger charge is 2.43. The standard InChI is InChI=1S/C20H28N2O4/c1-20(2,3)26-19(24)22(16-9-10-16)17-11-12-21(13-17)18(23)25-14-15-7-5-4-6-8-15/h4-8,16-17H,9-14H2,1-3H3/t17-/m1/s1. The van der Waals surface area contributed by atoms with Crippen LogP contribution in [-0.4, -0.2) is 52.8 Å². The molecule has 1 saturated carbocycles. The van der Waals surface area contributed by atoms with E-state index in [-0.39, 0.29) is 30.9 Å². The van der Waals surface area contributed by atoms with Crippen LogP contribution < -0.4 is 0 Å². The van der Waals surface area contributed by atoms with Gasteiger partial charge in [0.1, 0.15) is 12.2 Å². The largest absolute Gasteiger partial charge is 0.445 e. The molecule has 1 atom stereocenters. The number of hydrogen-bond acceptors (Lipinski definition) is 4. The molecule has 1 aliphatic heterocycles. The van der Waals surface area contributed by atoms with Crippen molar-refractivity contribution in [2.45, 2.75) is 64.3 Å². The van der Waals surface area contributed by atoms with Crippen LogP contribution in [0.25, 0.3) is 0 Å². The fourth-order valence-electron chi connectivity index (χ4n) is 3.21. The number of nitrogens with zero attached hydrogens (tertiary/aromatic N) is 2. The SMILES string of the molecule is CC(C)(C)OC(=O)N(C1CC1)[C@@H]1CCN(C(=O)OCc2ccccc2)C1. The van der Waals surface area contributed by atoms with Crippen molar-refractivity contribution in [3.05, 3.63) is 35.9 Å². The van der Waals surface area contributed by atoms with Gasteiger partial charge in [-0.3, -0.25) is 0 Å². The predicted octanol–water partition coefficient (Wildman–Crippen LogP) is 3.80. The average Bonchev–Trinajstić information content (AvgIpc) is 3.28. The molecule has 1 aromatic rings. The Hall–Kier alpha value is -2.24. The molecule has 0 bridgehead atoms. The van der Waals surface area contributed by atoms with E-state index in [1.54, 1.807) is 4.90 Å². The monoisotopic (exact) mass is 360 g/mol. The quantitative estimate of drug-likeness (QED) is 0.819. The number of carbonyl (C=O) groups is 2. The third kappa shape index (κ3) is 4.90. The molecule has 26 heavy (non-hydrogen) atoms. The first-order valence-electron chi connectivity index (χ1n) is 9.30. The smallest absolute Gasteiger partial charge is 0.410 e. The summed E-state index contributed by atoms with van der Waals surface area (Å²) in [6.07, 6.45) is 2.18. The van der Waals surface area contributed by atoms with Gasteiger partial charge < -0.3 is 19.3 Å². The lowest BCUT2D eigenvalue weighted by atomic mass is 10.2. The zero-order valence-electron chi connectivity index (χ0n) is 15.8. The average molecular weight is 360 g/mol. The van der Waals surface area contributed by atoms with Gasteiger partial charge in [-0.2, -0.15) is 0 Å². The summed E-state index contributed by atoms with van der Waals surface area (Å²) in [5.41, 5.74) is 0.446. The maximum absolute atomic E-state index is 12.6. The van der Waals surface area contributed by atoms with Crippen molar-refractivity contribution in [3.63, 3.8) is 0 Å². The molecule has 1 saturated heterocycles. The molecule has 2 fully saturated rings. The van der Waals surface area contributed by atoms with Gasteiger partial charge in [0.15, 0.2) is 0 Å². The second-order valence-electron chi connectivity index (χ2n) is 8.05. The van der Waals surface area contributed by atoms with E-state index in [1.165, 1.54) is 0 Å². The highest BCUT2D eigenvalue weighted by molar-refractivity contribution is 5.71. The Labute approximate surface area is 155 Å². The number of likely N-dealkylation sites (tertiary alicyclic amines) is 1. The van der Waals surface area contributed by atoms with E-state index in [0.29, 0.717) is 13.1 Å². The molecular weight excluding hydrogens is 332 g/mol. The fraction of sp³-hybridized carbons (Fsp3) is 0.600. The van der Waals surface area contributed by atoms with E-state index in [1.807, 2.05) is 56.0 Å². The molecule has 2 amide bonds. The Bertz CT molecular complexity index is 637. The van der Waals surface area contributed by atoms with Crippen molar-refractivity contribution in [2.24, 2.45) is 0 Å². The summed E-state index contributed by atoms with van der Waals surface area (Å²) in [7, 11) is 0. The fourth-order valence-corrected chi connectivity index (χ4v) is 3.21. The van der Waals surface area contributed by atoms with Crippen molar-refractivity contribution < 1.29 is 19.1 Å². The van der Waals surface area contributed by atoms with Crippen LogP contribution in [0.4, 0.5) is 9.59 Å². The van der Waals surface area contributed by atoms with Crippen LogP contribution in [0.5, 0.6) is 0 Å². The first kappa shape index (κ1) is 18.5. The summed E-state index contributed by atoms with van der Waals surface area (Å²) < 4.78 is 11.0. The third-order valence-corrected chi connectivity index (χ3v) is 4.56. The molecule has 1 aromatic carbocycles. The number of benzene rings is 1. The summed E-state index contributed by atoms with van der Waals surface area (Å²) in [5.74, 6) is 0. The van der Waals surface area contributed by atoms with Crippen LogP contribution in [0.15, 0.2) is 30.3 Å². The molecule has 2 aliphatic rings. The Morgan fingerprint density at radius 1 is 1.12 bits per heavy atom. The number of carbonyl (C=O) groups excluding carboxylic acids is 2. The number of rotatable bonds is 4. The van der Waals surface area contributed by atoms with Crippen molar-refractivity contribution in [3.8, 4) is 0 Å². The van der Waals surface area contributed by atoms with E-state index in [2.05, 4.69) is 0 Å². The molecule has 6 nitrogen and oxygen atoms in total. The Morgan fingerprint density at radius 2 is 1.81 bits per heavy atom. The van der Waals surface area contributed by atoms with E-state index < -0.39 is 5.60 Å². The van der Waals surface area contributed by atoms with Crippen LogP contribution in [0.1, 0.15) is 45.6 Å². The second kappa shape index (κ2) is 7.56. The molecule has 142 valence electrons. The van der Waals surface area contributed by atoms with Gasteiger partial charge in [0.25, 0.3) is 0 Å². The number of hydrogen-bond donors (Lipinski definition) is 0. The van der Waals surface area contributed by atoms with Crippen LogP contribution in [0.2, 0.25) is 0 Å². The summed E-state index contributed by atoms with van der Waals surface area (Å²) in [5, 5.41) is 0. The Kier molecular flexibility index (Phi) is 5.39. The lowest BCUT2D eigenvalue weighted by Gasteiger charge is -2.31. The summed E-state index contributed by atoms with van der Waals surface area (Å²) >= 11 is 0. The minimum atomic E-state index is -0.517. The van der Waals surface area contributed by atoms with Gasteiger partial charge in [0.05, 0.1) is 6.04 Å². The summed E-state index contributed by atoms with van der Waals surface area (Å²) in [6.45, 7) is 6.99. The van der Waals surface area contributed by atoms with Gasteiger partial charge >= 0.3 is 12.2 Å². The van der Waals surface area contributed by atoms with E-state index in [9.17, 15) is 9.59 Å². The van der Waals surface area contributed by atoms with Crippen molar-refractivity contribution in [2.75, 3.05) is 13.1 Å². The van der Waals surface area contributed by atoms with Gasteiger partial charge in [-0.05, 0) is 45.6 Å². The Morgan fingerprint density at radius 3 is 2.42 bits per heavy atom. The van der Waals surface area contributed by atoms with Crippen molar-refractivity contribution in [1.29, 1.82) is 0 Å². The molecule has 0 spiro atoms. The van der Waals surface area contributed by atoms with E-state index in [4.69, 9.17) is 9.47 Å². The van der Waals surface area contributed by atoms with Crippen LogP contribution >= 0.6 is 0 Å². The first-order valence-corrected chi connectivity index (χ1v) is 9.30. The third-order valence-electron chi connectivity index (χ3n) is 4.56. The molecule has 0 N–H and O–H groups in total. The first-order chi connectivity index (χ1) is 12.3. The van der Waals surface area contributed by atoms with Gasteiger partial charge in [-0.1, -0.05) is 30.3 Å². The molecule has 3 rings (SSSR count). The topological polar surface area (TPSA) is 59.1 Å². The lowest BCUT2D eigenvalue weighted by Crippen LogP contribution is -2.46. The lowest BCUT2D eigenvalue weighted by molar-refractivity contribution is 0.0144. The van der Waals surface area contributed by atoms with E-state index in [0.717, 1.165) is 24.8 Å². The Balaban J connectivity index is 1.54. The molecule has 0 aromatic heterocycles. The zero-order chi connectivity index (χ0) is 18.7. The summed E-state index contributed by atoms with van der Waals surface area (Å²) in [6, 6.07) is 9.87. The van der Waals surface area contributed by atoms with E-state index >= 15 is 0 Å². The highest BCUT2D eigenvalue weighted by Crippen LogP contribution is 2.33. The minimum Gasteiger partial charge on any atom is -0.445 e. The van der Waals surface area contributed by atoms with Crippen molar-refractivity contribution in [1.82, 2.24) is 9.80 Å². The van der Waals surface area contributed by atoms with Gasteiger partial charge in [-0.25, -0.2) is 9.59 Å². The zero-order valence-corrected chi connectivity index (χ0v) is 15.8. The molecule has 6 heteroatoms. The maximum atomic E-state index is 12.6. The van der Waals surface area contributed by atoms with Crippen molar-refractivity contribution >= 4 is 12.2 Å². The van der Waals surface area contributed by atoms with Gasteiger partial charge in [0.2, 0.25) is 0 Å². The van der Waals surface area contributed by atoms with Crippen LogP contribution in [0, 0.1) is 0 Å². The minimum absolute atomic E-state index is 0.00150. The van der Waals surface area contributed by atoms with Gasteiger partial charge in [-0.15, -0.1) is 0 Å². The molecule has 1 aliphatic carbocycles. The molecule has 0 radical (unpaired) electrons. The second-order valence-corrected chi connectivity index (χ2v) is 8.05. The normalized spacial score (nSPS) is 20.0. The predicted molar refractivity (Wildman–Crippen MR) is 97.7 cm³/mol. The van der Waals surface area contributed by atoms with Crippen LogP contribution in [0.3, 0.4) is 0 Å². The molecular formula is C20H28N2O4. The number of amides is 2. The maximum Gasteiger partial charge on any atom is 0.410 e. The highest BCUT2D eigenvalue weighted by atomic mass is 16.6.